The van der Waals surface area contributed by atoms with E-state index < -0.39 is 0 Å². The van der Waals surface area contributed by atoms with Crippen LogP contribution in [0.5, 0.6) is 0 Å². The summed E-state index contributed by atoms with van der Waals surface area (Å²) in [7, 11) is 1.86. The quantitative estimate of drug-likeness (QED) is 0.749. The van der Waals surface area contributed by atoms with Crippen molar-refractivity contribution < 1.29 is 9.21 Å². The van der Waals surface area contributed by atoms with Gasteiger partial charge in [0.05, 0.1) is 11.8 Å². The number of aromatic nitrogens is 2. The molecule has 18 heavy (non-hydrogen) atoms. The number of carbonyl (C=O) groups excluding carboxylic acids is 1. The Balaban J connectivity index is 1.88. The largest absolute Gasteiger partial charge is 0.459 e. The molecular formula is C13H11N3O2. The van der Waals surface area contributed by atoms with Crippen molar-refractivity contribution in [1.82, 2.24) is 9.78 Å². The molecule has 0 bridgehead atoms. The van der Waals surface area contributed by atoms with Gasteiger partial charge in [-0.3, -0.25) is 9.48 Å². The Labute approximate surface area is 103 Å². The third-order valence-corrected chi connectivity index (χ3v) is 2.62. The van der Waals surface area contributed by atoms with Crippen LogP contribution < -0.4 is 5.32 Å². The highest BCUT2D eigenvalue weighted by Gasteiger charge is 2.09. The first-order valence-corrected chi connectivity index (χ1v) is 5.51. The number of furan rings is 1. The molecule has 5 heteroatoms. The molecule has 0 atom stereocenters. The van der Waals surface area contributed by atoms with E-state index in [1.807, 2.05) is 31.4 Å². The molecule has 90 valence electrons. The number of rotatable bonds is 2. The summed E-state index contributed by atoms with van der Waals surface area (Å²) in [5.41, 5.74) is 1.54. The van der Waals surface area contributed by atoms with Crippen molar-refractivity contribution in [3.63, 3.8) is 0 Å². The maximum atomic E-state index is 11.8. The summed E-state index contributed by atoms with van der Waals surface area (Å²) < 4.78 is 6.77. The van der Waals surface area contributed by atoms with Gasteiger partial charge in [-0.05, 0) is 30.3 Å². The monoisotopic (exact) mass is 241 g/mol. The van der Waals surface area contributed by atoms with E-state index in [0.717, 1.165) is 10.9 Å². The number of fused-ring (bicyclic) bond motifs is 1. The van der Waals surface area contributed by atoms with Crippen LogP contribution in [-0.4, -0.2) is 15.7 Å². The van der Waals surface area contributed by atoms with Crippen LogP contribution in [-0.2, 0) is 7.05 Å². The van der Waals surface area contributed by atoms with E-state index in [1.54, 1.807) is 16.8 Å². The molecule has 3 aromatic rings. The summed E-state index contributed by atoms with van der Waals surface area (Å²) in [5.74, 6) is 0.0198. The SMILES string of the molecule is Cn1cc2ccc(NC(=O)c3ccco3)cc2n1. The maximum Gasteiger partial charge on any atom is 0.291 e. The summed E-state index contributed by atoms with van der Waals surface area (Å²) in [4.78, 5) is 11.8. The number of hydrogen-bond acceptors (Lipinski definition) is 3. The van der Waals surface area contributed by atoms with Crippen LogP contribution in [0.15, 0.2) is 47.2 Å². The van der Waals surface area contributed by atoms with Crippen molar-refractivity contribution in [2.24, 2.45) is 7.05 Å². The van der Waals surface area contributed by atoms with E-state index in [1.165, 1.54) is 6.26 Å². The number of nitrogens with one attached hydrogen (secondary N) is 1. The molecule has 1 aromatic carbocycles. The van der Waals surface area contributed by atoms with E-state index in [0.29, 0.717) is 5.69 Å². The lowest BCUT2D eigenvalue weighted by molar-refractivity contribution is 0.0996. The zero-order valence-corrected chi connectivity index (χ0v) is 9.75. The minimum Gasteiger partial charge on any atom is -0.459 e. The molecule has 0 aliphatic heterocycles. The molecule has 0 radical (unpaired) electrons. The first kappa shape index (κ1) is 10.6. The molecule has 0 spiro atoms. The minimum atomic E-state index is -0.268. The molecule has 0 unspecified atom stereocenters. The summed E-state index contributed by atoms with van der Waals surface area (Å²) in [6, 6.07) is 8.88. The lowest BCUT2D eigenvalue weighted by atomic mass is 10.2. The van der Waals surface area contributed by atoms with Gasteiger partial charge >= 0.3 is 0 Å². The summed E-state index contributed by atoms with van der Waals surface area (Å²) in [6.07, 6.45) is 3.39. The Morgan fingerprint density at radius 3 is 3.06 bits per heavy atom. The highest BCUT2D eigenvalue weighted by Crippen LogP contribution is 2.18. The first-order chi connectivity index (χ1) is 8.72. The molecule has 0 aliphatic carbocycles. The van der Waals surface area contributed by atoms with Crippen LogP contribution in [0, 0.1) is 0 Å². The number of benzene rings is 1. The van der Waals surface area contributed by atoms with Gasteiger partial charge in [-0.2, -0.15) is 5.10 Å². The maximum absolute atomic E-state index is 11.8. The molecule has 0 aliphatic rings. The van der Waals surface area contributed by atoms with E-state index in [4.69, 9.17) is 4.42 Å². The lowest BCUT2D eigenvalue weighted by Gasteiger charge is -2.02. The van der Waals surface area contributed by atoms with Gasteiger partial charge in [-0.25, -0.2) is 0 Å². The van der Waals surface area contributed by atoms with Gasteiger partial charge in [0.15, 0.2) is 5.76 Å². The zero-order chi connectivity index (χ0) is 12.5. The number of aryl methyl sites for hydroxylation is 1. The van der Waals surface area contributed by atoms with Crippen molar-refractivity contribution >= 4 is 22.5 Å². The second kappa shape index (κ2) is 4.03. The highest BCUT2D eigenvalue weighted by atomic mass is 16.3. The fraction of sp³-hybridized carbons (Fsp3) is 0.0769. The van der Waals surface area contributed by atoms with Crippen LogP contribution in [0.25, 0.3) is 10.9 Å². The Morgan fingerprint density at radius 1 is 1.39 bits per heavy atom. The van der Waals surface area contributed by atoms with Crippen LogP contribution in [0.3, 0.4) is 0 Å². The molecular weight excluding hydrogens is 230 g/mol. The van der Waals surface area contributed by atoms with E-state index in [-0.39, 0.29) is 11.7 Å². The zero-order valence-electron chi connectivity index (χ0n) is 9.75. The summed E-state index contributed by atoms with van der Waals surface area (Å²) in [6.45, 7) is 0. The molecule has 1 N–H and O–H groups in total. The topological polar surface area (TPSA) is 60.1 Å². The van der Waals surface area contributed by atoms with Crippen molar-refractivity contribution in [1.29, 1.82) is 0 Å². The number of carbonyl (C=O) groups is 1. The predicted molar refractivity (Wildman–Crippen MR) is 67.4 cm³/mol. The van der Waals surface area contributed by atoms with Crippen molar-refractivity contribution in [2.75, 3.05) is 5.32 Å². The van der Waals surface area contributed by atoms with Gasteiger partial charge in [-0.1, -0.05) is 0 Å². The van der Waals surface area contributed by atoms with Gasteiger partial charge in [0.1, 0.15) is 0 Å². The molecule has 5 nitrogen and oxygen atoms in total. The fourth-order valence-electron chi connectivity index (χ4n) is 1.82. The van der Waals surface area contributed by atoms with Gasteiger partial charge in [0.25, 0.3) is 5.91 Å². The van der Waals surface area contributed by atoms with Crippen molar-refractivity contribution in [2.45, 2.75) is 0 Å². The van der Waals surface area contributed by atoms with Crippen molar-refractivity contribution in [3.8, 4) is 0 Å². The van der Waals surface area contributed by atoms with Crippen LogP contribution >= 0.6 is 0 Å². The molecule has 2 heterocycles. The van der Waals surface area contributed by atoms with Crippen LogP contribution in [0.2, 0.25) is 0 Å². The fourth-order valence-corrected chi connectivity index (χ4v) is 1.82. The Hall–Kier alpha value is -2.56. The normalized spacial score (nSPS) is 10.7. The van der Waals surface area contributed by atoms with Gasteiger partial charge in [0.2, 0.25) is 0 Å². The average molecular weight is 241 g/mol. The highest BCUT2D eigenvalue weighted by molar-refractivity contribution is 6.03. The van der Waals surface area contributed by atoms with Crippen molar-refractivity contribution in [3.05, 3.63) is 48.6 Å². The minimum absolute atomic E-state index is 0.268. The smallest absolute Gasteiger partial charge is 0.291 e. The van der Waals surface area contributed by atoms with E-state index in [2.05, 4.69) is 10.4 Å². The third kappa shape index (κ3) is 1.86. The van der Waals surface area contributed by atoms with Gasteiger partial charge in [0, 0.05) is 24.3 Å². The first-order valence-electron chi connectivity index (χ1n) is 5.51. The van der Waals surface area contributed by atoms with Crippen LogP contribution in [0.1, 0.15) is 10.6 Å². The third-order valence-electron chi connectivity index (χ3n) is 2.62. The van der Waals surface area contributed by atoms with Crippen LogP contribution in [0.4, 0.5) is 5.69 Å². The molecule has 0 saturated heterocycles. The number of anilines is 1. The summed E-state index contributed by atoms with van der Waals surface area (Å²) in [5, 5.41) is 8.09. The lowest BCUT2D eigenvalue weighted by Crippen LogP contribution is -2.10. The molecule has 3 rings (SSSR count). The summed E-state index contributed by atoms with van der Waals surface area (Å²) >= 11 is 0. The standard InChI is InChI=1S/C13H11N3O2/c1-16-8-9-4-5-10(7-11(9)15-16)14-13(17)12-3-2-6-18-12/h2-8H,1H3,(H,14,17). The number of nitrogens with zero attached hydrogens (tertiary/aromatic N) is 2. The second-order valence-corrected chi connectivity index (χ2v) is 4.01. The van der Waals surface area contributed by atoms with E-state index in [9.17, 15) is 4.79 Å². The van der Waals surface area contributed by atoms with Gasteiger partial charge in [-0.15, -0.1) is 0 Å². The molecule has 0 saturated carbocycles. The molecule has 0 fully saturated rings. The molecule has 1 amide bonds. The number of hydrogen-bond donors (Lipinski definition) is 1. The Morgan fingerprint density at radius 2 is 2.28 bits per heavy atom. The Kier molecular flexibility index (Phi) is 2.37. The second-order valence-electron chi connectivity index (χ2n) is 4.01. The average Bonchev–Trinajstić information content (AvgIpc) is 2.95. The Bertz CT molecular complexity index is 698. The number of amides is 1. The van der Waals surface area contributed by atoms with Gasteiger partial charge < -0.3 is 9.73 Å². The molecule has 2 aromatic heterocycles. The predicted octanol–water partition coefficient (Wildman–Crippen LogP) is 2.42. The van der Waals surface area contributed by atoms with E-state index >= 15 is 0 Å².